The zero-order chi connectivity index (χ0) is 17.4. The van der Waals surface area contributed by atoms with Gasteiger partial charge in [0.1, 0.15) is 14.6 Å². The smallest absolute Gasteiger partial charge is 0.256 e. The van der Waals surface area contributed by atoms with E-state index in [-0.39, 0.29) is 18.4 Å². The van der Waals surface area contributed by atoms with Crippen LogP contribution in [0.5, 0.6) is 0 Å². The monoisotopic (exact) mass is 328 g/mol. The summed E-state index contributed by atoms with van der Waals surface area (Å²) in [6, 6.07) is 5.41. The highest BCUT2D eigenvalue weighted by atomic mass is 28.3. The maximum absolute atomic E-state index is 12.8. The number of hydrogen-bond donors (Lipinski definition) is 1. The highest BCUT2D eigenvalue weighted by Crippen LogP contribution is 2.26. The molecule has 1 aliphatic heterocycles. The maximum atomic E-state index is 12.8. The first kappa shape index (κ1) is 17.3. The van der Waals surface area contributed by atoms with Crippen LogP contribution in [0.1, 0.15) is 36.7 Å². The predicted molar refractivity (Wildman–Crippen MR) is 96.1 cm³/mol. The van der Waals surface area contributed by atoms with E-state index < -0.39 is 13.6 Å². The van der Waals surface area contributed by atoms with Crippen molar-refractivity contribution in [3.63, 3.8) is 0 Å². The lowest BCUT2D eigenvalue weighted by molar-refractivity contribution is -0.117. The van der Waals surface area contributed by atoms with Crippen LogP contribution in [0, 0.1) is 11.5 Å². The van der Waals surface area contributed by atoms with Crippen molar-refractivity contribution < 1.29 is 9.59 Å². The van der Waals surface area contributed by atoms with Gasteiger partial charge in [-0.1, -0.05) is 25.6 Å². The van der Waals surface area contributed by atoms with Crippen LogP contribution in [-0.4, -0.2) is 36.9 Å². The molecule has 0 spiro atoms. The maximum Gasteiger partial charge on any atom is 0.256 e. The summed E-state index contributed by atoms with van der Waals surface area (Å²) in [6.07, 6.45) is 0. The molecule has 5 heteroatoms. The molecule has 1 aromatic rings. The van der Waals surface area contributed by atoms with Crippen molar-refractivity contribution in [1.82, 2.24) is 4.90 Å². The van der Waals surface area contributed by atoms with Crippen LogP contribution < -0.4 is 5.32 Å². The summed E-state index contributed by atoms with van der Waals surface area (Å²) in [4.78, 5) is 26.5. The van der Waals surface area contributed by atoms with Gasteiger partial charge in [0.15, 0.2) is 0 Å². The van der Waals surface area contributed by atoms with E-state index in [2.05, 4.69) is 36.4 Å². The molecule has 0 aromatic heterocycles. The number of nitrogens with one attached hydrogen (secondary N) is 1. The summed E-state index contributed by atoms with van der Waals surface area (Å²) in [7, 11) is -1.47. The standard InChI is InChI=1S/C18H24N2O2Si/c1-18(2,3)20-12-16(21)19-15-11-13(9-10-23(4,5)6)7-8-14(15)17(20)22/h7-8,11H,12H2,1-6H3,(H,19,21). The zero-order valence-electron chi connectivity index (χ0n) is 14.7. The molecule has 1 heterocycles. The van der Waals surface area contributed by atoms with Crippen molar-refractivity contribution in [2.24, 2.45) is 0 Å². The average Bonchev–Trinajstić information content (AvgIpc) is 2.52. The Morgan fingerprint density at radius 3 is 2.39 bits per heavy atom. The number of carbonyl (C=O) groups excluding carboxylic acids is 2. The first-order valence-corrected chi connectivity index (χ1v) is 11.3. The van der Waals surface area contributed by atoms with E-state index in [0.29, 0.717) is 11.3 Å². The Labute approximate surface area is 139 Å². The van der Waals surface area contributed by atoms with Gasteiger partial charge in [-0.3, -0.25) is 9.59 Å². The second kappa shape index (κ2) is 5.86. The van der Waals surface area contributed by atoms with E-state index in [1.807, 2.05) is 26.8 Å². The fourth-order valence-electron chi connectivity index (χ4n) is 2.26. The topological polar surface area (TPSA) is 49.4 Å². The molecule has 2 amide bonds. The van der Waals surface area contributed by atoms with Gasteiger partial charge in [-0.2, -0.15) is 0 Å². The third-order valence-corrected chi connectivity index (χ3v) is 4.34. The number of hydrogen-bond acceptors (Lipinski definition) is 2. The molecule has 1 aliphatic rings. The fourth-order valence-corrected chi connectivity index (χ4v) is 2.78. The summed E-state index contributed by atoms with van der Waals surface area (Å²) in [5.74, 6) is 2.85. The minimum Gasteiger partial charge on any atom is -0.324 e. The van der Waals surface area contributed by atoms with Gasteiger partial charge in [0.25, 0.3) is 5.91 Å². The number of amides is 2. The molecule has 2 rings (SSSR count). The van der Waals surface area contributed by atoms with Gasteiger partial charge in [0.05, 0.1) is 11.3 Å². The van der Waals surface area contributed by atoms with Gasteiger partial charge < -0.3 is 10.2 Å². The Hall–Kier alpha value is -2.06. The predicted octanol–water partition coefficient (Wildman–Crippen LogP) is 3.11. The van der Waals surface area contributed by atoms with E-state index in [1.54, 1.807) is 17.0 Å². The van der Waals surface area contributed by atoms with Crippen LogP contribution in [0.15, 0.2) is 18.2 Å². The summed E-state index contributed by atoms with van der Waals surface area (Å²) in [5, 5.41) is 2.83. The third-order valence-electron chi connectivity index (χ3n) is 3.46. The normalized spacial score (nSPS) is 15.3. The number of rotatable bonds is 0. The van der Waals surface area contributed by atoms with Crippen LogP contribution in [0.4, 0.5) is 5.69 Å². The number of anilines is 1. The lowest BCUT2D eigenvalue weighted by Crippen LogP contribution is -2.47. The van der Waals surface area contributed by atoms with Crippen molar-refractivity contribution >= 4 is 25.6 Å². The molecule has 0 saturated carbocycles. The third kappa shape index (κ3) is 4.23. The molecule has 0 fully saturated rings. The van der Waals surface area contributed by atoms with Gasteiger partial charge in [0.2, 0.25) is 5.91 Å². The Morgan fingerprint density at radius 1 is 1.17 bits per heavy atom. The second-order valence-electron chi connectivity index (χ2n) is 7.87. The molecule has 0 aliphatic carbocycles. The van der Waals surface area contributed by atoms with Gasteiger partial charge in [-0.15, -0.1) is 5.54 Å². The van der Waals surface area contributed by atoms with Crippen LogP contribution in [0.2, 0.25) is 19.6 Å². The molecule has 1 aromatic carbocycles. The molecule has 0 radical (unpaired) electrons. The van der Waals surface area contributed by atoms with Crippen molar-refractivity contribution in [3.05, 3.63) is 29.3 Å². The van der Waals surface area contributed by atoms with E-state index in [1.165, 1.54) is 0 Å². The molecule has 4 nitrogen and oxygen atoms in total. The molecule has 0 unspecified atom stereocenters. The number of carbonyl (C=O) groups is 2. The Balaban J connectivity index is 2.46. The molecule has 0 bridgehead atoms. The molecule has 122 valence electrons. The minimum atomic E-state index is -1.47. The number of nitrogens with zero attached hydrogens (tertiary/aromatic N) is 1. The Bertz CT molecular complexity index is 715. The van der Waals surface area contributed by atoms with Crippen LogP contribution in [0.3, 0.4) is 0 Å². The first-order chi connectivity index (χ1) is 10.5. The van der Waals surface area contributed by atoms with Crippen molar-refractivity contribution in [1.29, 1.82) is 0 Å². The zero-order valence-corrected chi connectivity index (χ0v) is 15.7. The van der Waals surface area contributed by atoms with Crippen LogP contribution >= 0.6 is 0 Å². The van der Waals surface area contributed by atoms with Crippen molar-refractivity contribution in [2.45, 2.75) is 46.0 Å². The molecule has 0 atom stereocenters. The van der Waals surface area contributed by atoms with E-state index in [9.17, 15) is 9.59 Å². The fraction of sp³-hybridized carbons (Fsp3) is 0.444. The molecule has 23 heavy (non-hydrogen) atoms. The molecular formula is C18H24N2O2Si. The highest BCUT2D eigenvalue weighted by molar-refractivity contribution is 6.83. The highest BCUT2D eigenvalue weighted by Gasteiger charge is 2.33. The first-order valence-electron chi connectivity index (χ1n) is 7.76. The van der Waals surface area contributed by atoms with E-state index in [0.717, 1.165) is 5.56 Å². The molecular weight excluding hydrogens is 304 g/mol. The van der Waals surface area contributed by atoms with Crippen molar-refractivity contribution in [2.75, 3.05) is 11.9 Å². The van der Waals surface area contributed by atoms with Gasteiger partial charge in [0, 0.05) is 11.1 Å². The van der Waals surface area contributed by atoms with Gasteiger partial charge in [-0.05, 0) is 39.0 Å². The minimum absolute atomic E-state index is 0.0624. The average molecular weight is 328 g/mol. The second-order valence-corrected chi connectivity index (χ2v) is 12.6. The molecule has 0 saturated heterocycles. The largest absolute Gasteiger partial charge is 0.324 e. The van der Waals surface area contributed by atoms with Gasteiger partial charge in [-0.25, -0.2) is 0 Å². The molecule has 1 N–H and O–H groups in total. The number of benzene rings is 1. The van der Waals surface area contributed by atoms with E-state index in [4.69, 9.17) is 0 Å². The quantitative estimate of drug-likeness (QED) is 0.588. The Morgan fingerprint density at radius 2 is 1.83 bits per heavy atom. The van der Waals surface area contributed by atoms with Crippen LogP contribution in [0.25, 0.3) is 0 Å². The SMILES string of the molecule is CC(C)(C)N1CC(=O)Nc2cc(C#C[Si](C)(C)C)ccc2C1=O. The summed E-state index contributed by atoms with van der Waals surface area (Å²) in [5.41, 5.74) is 4.78. The summed E-state index contributed by atoms with van der Waals surface area (Å²) in [6.45, 7) is 12.4. The van der Waals surface area contributed by atoms with Crippen LogP contribution in [-0.2, 0) is 4.79 Å². The van der Waals surface area contributed by atoms with Gasteiger partial charge >= 0.3 is 0 Å². The summed E-state index contributed by atoms with van der Waals surface area (Å²) >= 11 is 0. The lowest BCUT2D eigenvalue weighted by Gasteiger charge is -2.33. The van der Waals surface area contributed by atoms with E-state index >= 15 is 0 Å². The van der Waals surface area contributed by atoms with Crippen molar-refractivity contribution in [3.8, 4) is 11.5 Å². The summed E-state index contributed by atoms with van der Waals surface area (Å²) < 4.78 is 0. The number of fused-ring (bicyclic) bond motifs is 1. The Kier molecular flexibility index (Phi) is 4.40. The lowest BCUT2D eigenvalue weighted by atomic mass is 10.0.